The van der Waals surface area contributed by atoms with Crippen LogP contribution in [0.25, 0.3) is 11.1 Å². The van der Waals surface area contributed by atoms with Gasteiger partial charge in [-0.15, -0.1) is 11.3 Å². The number of amides is 2. The molecule has 0 saturated carbocycles. The lowest BCUT2D eigenvalue weighted by molar-refractivity contribution is -0.127. The Morgan fingerprint density at radius 3 is 2.34 bits per heavy atom. The van der Waals surface area contributed by atoms with Crippen LogP contribution >= 0.6 is 11.3 Å². The highest BCUT2D eigenvalue weighted by atomic mass is 32.1. The van der Waals surface area contributed by atoms with Gasteiger partial charge in [0.2, 0.25) is 0 Å². The fourth-order valence-electron chi connectivity index (χ4n) is 4.28. The summed E-state index contributed by atoms with van der Waals surface area (Å²) in [6.45, 7) is 6.65. The molecule has 1 aromatic heterocycles. The molecule has 0 atom stereocenters. The summed E-state index contributed by atoms with van der Waals surface area (Å²) in [5, 5.41) is 5.47. The highest BCUT2D eigenvalue weighted by Crippen LogP contribution is 2.32. The lowest BCUT2D eigenvalue weighted by atomic mass is 9.98. The molecule has 1 N–H and O–H groups in total. The summed E-state index contributed by atoms with van der Waals surface area (Å²) in [6, 6.07) is 13.3. The van der Waals surface area contributed by atoms with E-state index >= 15 is 0 Å². The van der Waals surface area contributed by atoms with E-state index in [9.17, 15) is 22.8 Å². The van der Waals surface area contributed by atoms with Gasteiger partial charge in [-0.2, -0.15) is 13.2 Å². The Kier molecular flexibility index (Phi) is 8.10. The second kappa shape index (κ2) is 11.1. The average Bonchev–Trinajstić information content (AvgIpc) is 3.34. The molecule has 6 nitrogen and oxygen atoms in total. The van der Waals surface area contributed by atoms with Gasteiger partial charge < -0.3 is 15.0 Å². The zero-order valence-electron chi connectivity index (χ0n) is 21.5. The van der Waals surface area contributed by atoms with Crippen molar-refractivity contribution < 1.29 is 27.5 Å². The normalized spacial score (nSPS) is 14.8. The maximum Gasteiger partial charge on any atom is 0.410 e. The Labute approximate surface area is 223 Å². The molecule has 2 aromatic carbocycles. The molecular formula is C28H30F3N3O3S. The number of hydrogen-bond acceptors (Lipinski definition) is 5. The quantitative estimate of drug-likeness (QED) is 0.366. The lowest BCUT2D eigenvalue weighted by Gasteiger charge is -2.32. The maximum atomic E-state index is 13.0. The van der Waals surface area contributed by atoms with E-state index in [-0.39, 0.29) is 23.5 Å². The molecule has 0 aliphatic carbocycles. The Bertz CT molecular complexity index is 1270. The van der Waals surface area contributed by atoms with Gasteiger partial charge in [-0.3, -0.25) is 4.79 Å². The standard InChI is InChI=1S/C28H30F3N3O3S/c1-27(2,3)37-26(36)34-14-12-20(13-15-34)25-33-23(17-38-25)24(35)32-22-7-5-4-6-21(22)19-10-8-18(9-11-19)16-28(29,30)31/h4-11,17,20H,12-16H2,1-3H3,(H,32,35). The monoisotopic (exact) mass is 545 g/mol. The molecule has 10 heteroatoms. The first-order valence-corrected chi connectivity index (χ1v) is 13.3. The summed E-state index contributed by atoms with van der Waals surface area (Å²) in [6.07, 6.45) is -4.10. The van der Waals surface area contributed by atoms with Crippen LogP contribution in [0.1, 0.15) is 60.6 Å². The van der Waals surface area contributed by atoms with Gasteiger partial charge in [-0.05, 0) is 50.8 Å². The van der Waals surface area contributed by atoms with E-state index in [0.717, 1.165) is 17.8 Å². The number of piperidine rings is 1. The molecule has 0 bridgehead atoms. The zero-order valence-corrected chi connectivity index (χ0v) is 22.3. The molecule has 2 amide bonds. The predicted octanol–water partition coefficient (Wildman–Crippen LogP) is 7.28. The Balaban J connectivity index is 1.39. The van der Waals surface area contributed by atoms with Gasteiger partial charge in [-0.1, -0.05) is 42.5 Å². The fraction of sp³-hybridized carbons (Fsp3) is 0.393. The summed E-state index contributed by atoms with van der Waals surface area (Å²) >= 11 is 1.42. The molecule has 1 aliphatic rings. The number of hydrogen-bond donors (Lipinski definition) is 1. The predicted molar refractivity (Wildman–Crippen MR) is 141 cm³/mol. The molecule has 1 fully saturated rings. The van der Waals surface area contributed by atoms with Crippen molar-refractivity contribution >= 4 is 29.0 Å². The number of ether oxygens (including phenoxy) is 1. The molecule has 2 heterocycles. The average molecular weight is 546 g/mol. The summed E-state index contributed by atoms with van der Waals surface area (Å²) in [5.74, 6) is -0.206. The van der Waals surface area contributed by atoms with Crippen LogP contribution in [-0.4, -0.2) is 46.8 Å². The molecule has 4 rings (SSSR count). The van der Waals surface area contributed by atoms with Crippen molar-refractivity contribution in [1.29, 1.82) is 0 Å². The Morgan fingerprint density at radius 1 is 1.05 bits per heavy atom. The minimum absolute atomic E-state index is 0.155. The number of para-hydroxylation sites is 1. The van der Waals surface area contributed by atoms with Gasteiger partial charge >= 0.3 is 12.3 Å². The first-order valence-electron chi connectivity index (χ1n) is 12.4. The number of aromatic nitrogens is 1. The summed E-state index contributed by atoms with van der Waals surface area (Å²) < 4.78 is 43.5. The molecular weight excluding hydrogens is 515 g/mol. The lowest BCUT2D eigenvalue weighted by Crippen LogP contribution is -2.41. The van der Waals surface area contributed by atoms with E-state index in [4.69, 9.17) is 4.74 Å². The first kappa shape index (κ1) is 27.6. The smallest absolute Gasteiger partial charge is 0.410 e. The van der Waals surface area contributed by atoms with Crippen LogP contribution in [0.15, 0.2) is 53.9 Å². The third kappa shape index (κ3) is 7.34. The topological polar surface area (TPSA) is 71.5 Å². The van der Waals surface area contributed by atoms with Crippen molar-refractivity contribution in [3.63, 3.8) is 0 Å². The van der Waals surface area contributed by atoms with Crippen LogP contribution in [0.3, 0.4) is 0 Å². The zero-order chi connectivity index (χ0) is 27.5. The molecule has 202 valence electrons. The van der Waals surface area contributed by atoms with Gasteiger partial charge in [-0.25, -0.2) is 9.78 Å². The number of rotatable bonds is 5. The van der Waals surface area contributed by atoms with Crippen LogP contribution in [0.4, 0.5) is 23.7 Å². The molecule has 0 radical (unpaired) electrons. The van der Waals surface area contributed by atoms with E-state index in [1.54, 1.807) is 46.7 Å². The largest absolute Gasteiger partial charge is 0.444 e. The number of halogens is 3. The third-order valence-electron chi connectivity index (χ3n) is 6.10. The van der Waals surface area contributed by atoms with Crippen molar-refractivity contribution in [3.05, 3.63) is 70.2 Å². The summed E-state index contributed by atoms with van der Waals surface area (Å²) in [5.41, 5.74) is 1.87. The minimum Gasteiger partial charge on any atom is -0.444 e. The van der Waals surface area contributed by atoms with E-state index in [2.05, 4.69) is 10.3 Å². The van der Waals surface area contributed by atoms with Crippen LogP contribution in [0.2, 0.25) is 0 Å². The number of likely N-dealkylation sites (tertiary alicyclic amines) is 1. The van der Waals surface area contributed by atoms with E-state index < -0.39 is 18.2 Å². The first-order chi connectivity index (χ1) is 17.9. The van der Waals surface area contributed by atoms with Gasteiger partial charge in [0.15, 0.2) is 0 Å². The minimum atomic E-state index is -4.27. The van der Waals surface area contributed by atoms with Crippen LogP contribution in [0, 0.1) is 0 Å². The SMILES string of the molecule is CC(C)(C)OC(=O)N1CCC(c2nc(C(=O)Nc3ccccc3-c3ccc(CC(F)(F)F)cc3)cs2)CC1. The van der Waals surface area contributed by atoms with E-state index in [1.807, 2.05) is 20.8 Å². The van der Waals surface area contributed by atoms with Gasteiger partial charge in [0.25, 0.3) is 5.91 Å². The number of carbonyl (C=O) groups is 2. The van der Waals surface area contributed by atoms with E-state index in [1.165, 1.54) is 23.5 Å². The Hall–Kier alpha value is -3.40. The van der Waals surface area contributed by atoms with Crippen molar-refractivity contribution in [3.8, 4) is 11.1 Å². The number of thiazole rings is 1. The van der Waals surface area contributed by atoms with Crippen LogP contribution < -0.4 is 5.32 Å². The molecule has 3 aromatic rings. The third-order valence-corrected chi connectivity index (χ3v) is 7.10. The van der Waals surface area contributed by atoms with Crippen LogP contribution in [-0.2, 0) is 11.2 Å². The molecule has 0 spiro atoms. The van der Waals surface area contributed by atoms with Crippen LogP contribution in [0.5, 0.6) is 0 Å². The van der Waals surface area contributed by atoms with Crippen molar-refractivity contribution in [2.75, 3.05) is 18.4 Å². The number of nitrogens with one attached hydrogen (secondary N) is 1. The molecule has 1 aliphatic heterocycles. The number of alkyl halides is 3. The number of nitrogens with zero attached hydrogens (tertiary/aromatic N) is 2. The second-order valence-electron chi connectivity index (χ2n) is 10.3. The van der Waals surface area contributed by atoms with Crippen molar-refractivity contribution in [2.45, 2.75) is 57.7 Å². The summed E-state index contributed by atoms with van der Waals surface area (Å²) in [4.78, 5) is 31.6. The van der Waals surface area contributed by atoms with E-state index in [0.29, 0.717) is 35.6 Å². The van der Waals surface area contributed by atoms with Gasteiger partial charge in [0, 0.05) is 35.6 Å². The second-order valence-corrected chi connectivity index (χ2v) is 11.2. The van der Waals surface area contributed by atoms with Crippen molar-refractivity contribution in [2.24, 2.45) is 0 Å². The molecule has 0 unspecified atom stereocenters. The number of anilines is 1. The Morgan fingerprint density at radius 2 is 1.71 bits per heavy atom. The maximum absolute atomic E-state index is 13.0. The van der Waals surface area contributed by atoms with Gasteiger partial charge in [0.05, 0.1) is 11.4 Å². The summed E-state index contributed by atoms with van der Waals surface area (Å²) in [7, 11) is 0. The fourth-order valence-corrected chi connectivity index (χ4v) is 5.25. The number of carbonyl (C=O) groups excluding carboxylic acids is 2. The molecule has 1 saturated heterocycles. The van der Waals surface area contributed by atoms with Gasteiger partial charge in [0.1, 0.15) is 11.3 Å². The van der Waals surface area contributed by atoms with Crippen molar-refractivity contribution in [1.82, 2.24) is 9.88 Å². The number of benzene rings is 2. The highest BCUT2D eigenvalue weighted by molar-refractivity contribution is 7.10. The highest BCUT2D eigenvalue weighted by Gasteiger charge is 2.29. The molecule has 38 heavy (non-hydrogen) atoms.